The summed E-state index contributed by atoms with van der Waals surface area (Å²) in [4.78, 5) is 29.1. The fraction of sp³-hybridized carbons (Fsp3) is 0.316. The number of hydrogen-bond acceptors (Lipinski definition) is 10. The lowest BCUT2D eigenvalue weighted by atomic mass is 9.80. The Morgan fingerprint density at radius 2 is 1.37 bits per heavy atom. The van der Waals surface area contributed by atoms with E-state index in [-0.39, 0.29) is 44.7 Å². The minimum atomic E-state index is -1.74. The molecule has 7 aromatic rings. The predicted molar refractivity (Wildman–Crippen MR) is 272 cm³/mol. The summed E-state index contributed by atoms with van der Waals surface area (Å²) in [6.45, 7) is 8.50. The van der Waals surface area contributed by atoms with Crippen molar-refractivity contribution in [3.05, 3.63) is 156 Å². The van der Waals surface area contributed by atoms with Gasteiger partial charge in [-0.25, -0.2) is 9.46 Å². The summed E-state index contributed by atoms with van der Waals surface area (Å²) in [7, 11) is 1.53. The fourth-order valence-electron chi connectivity index (χ4n) is 9.84. The van der Waals surface area contributed by atoms with E-state index in [1.165, 1.54) is 5.39 Å². The average molecular weight is 957 g/mol. The van der Waals surface area contributed by atoms with E-state index in [4.69, 9.17) is 28.0 Å². The number of nitrogens with zero attached hydrogens (tertiary/aromatic N) is 3. The van der Waals surface area contributed by atoms with Crippen LogP contribution in [-0.2, 0) is 28.9 Å². The standard InChI is InChI=1S/C57H57N4O8P/c1-37(2)61(38(3)4)70(67-33-11-32-58)69-50-34-52(60-35-43(55(62)59-56(60)63)21-17-39-16-18-42-20-19-40-12-10-13-41-22-31-49(39)54(42)53(40)41)68-51(50)36-66-57(44-14-8-7-9-15-44,45-23-27-47(64-5)28-24-45)46-25-29-48(65-6)30-26-46/h7-10,12-16,18-20,22-31,37-38,43,50-52H,11,33-36H2,1-6H3,(H,59,62,63)/t43?,50-,51+,52+,70?/m0/s1. The van der Waals surface area contributed by atoms with Crippen LogP contribution in [0.25, 0.3) is 32.3 Å². The van der Waals surface area contributed by atoms with Gasteiger partial charge in [0, 0.05) is 30.6 Å². The van der Waals surface area contributed by atoms with E-state index in [9.17, 15) is 14.9 Å². The summed E-state index contributed by atoms with van der Waals surface area (Å²) < 4.78 is 41.1. The minimum Gasteiger partial charge on any atom is -0.497 e. The van der Waals surface area contributed by atoms with Crippen molar-refractivity contribution in [3.8, 4) is 29.4 Å². The van der Waals surface area contributed by atoms with Gasteiger partial charge in [-0.15, -0.1) is 0 Å². The molecule has 5 atom stereocenters. The van der Waals surface area contributed by atoms with Gasteiger partial charge in [-0.05, 0) is 107 Å². The monoisotopic (exact) mass is 956 g/mol. The summed E-state index contributed by atoms with van der Waals surface area (Å²) in [5.74, 6) is 6.63. The molecular weight excluding hydrogens is 900 g/mol. The maximum Gasteiger partial charge on any atom is 0.326 e. The van der Waals surface area contributed by atoms with Gasteiger partial charge in [-0.2, -0.15) is 5.26 Å². The second kappa shape index (κ2) is 21.2. The molecule has 13 heteroatoms. The lowest BCUT2D eigenvalue weighted by Crippen LogP contribution is -2.57. The van der Waals surface area contributed by atoms with Gasteiger partial charge in [-0.3, -0.25) is 15.0 Å². The maximum absolute atomic E-state index is 14.0. The van der Waals surface area contributed by atoms with Crippen molar-refractivity contribution >= 4 is 52.8 Å². The number of nitrogens with one attached hydrogen (secondary N) is 1. The third-order valence-corrected chi connectivity index (χ3v) is 15.3. The van der Waals surface area contributed by atoms with E-state index in [1.807, 2.05) is 84.9 Å². The molecule has 2 unspecified atom stereocenters. The number of nitriles is 1. The Kier molecular flexibility index (Phi) is 14.6. The van der Waals surface area contributed by atoms with Gasteiger partial charge in [0.1, 0.15) is 35.3 Å². The average Bonchev–Trinajstić information content (AvgIpc) is 3.77. The number of carbonyl (C=O) groups is 2. The Balaban J connectivity index is 1.07. The molecule has 0 radical (unpaired) electrons. The summed E-state index contributed by atoms with van der Waals surface area (Å²) >= 11 is 0. The zero-order valence-electron chi connectivity index (χ0n) is 40.3. The number of carbonyl (C=O) groups excluding carboxylic acids is 2. The topological polar surface area (TPSA) is 132 Å². The van der Waals surface area contributed by atoms with E-state index < -0.39 is 50.4 Å². The molecule has 12 nitrogen and oxygen atoms in total. The molecule has 0 spiro atoms. The second-order valence-electron chi connectivity index (χ2n) is 18.1. The van der Waals surface area contributed by atoms with Crippen molar-refractivity contribution in [2.75, 3.05) is 34.0 Å². The SMILES string of the molecule is COc1ccc(C(OC[C@H]2O[C@@H](N3CC(C#Cc4ccc5ccc6cccc7ccc4c5c67)C(=O)NC3=O)C[C@@H]2OP(OCCC#N)N(C(C)C)C(C)C)(c2ccccc2)c2ccc(OC)cc2)cc1. The third-order valence-electron chi connectivity index (χ3n) is 13.2. The lowest BCUT2D eigenvalue weighted by Gasteiger charge is -2.39. The van der Waals surface area contributed by atoms with Crippen LogP contribution in [0.1, 0.15) is 62.8 Å². The van der Waals surface area contributed by atoms with Crippen molar-refractivity contribution in [2.45, 2.75) is 76.7 Å². The molecule has 2 aliphatic heterocycles. The first-order valence-corrected chi connectivity index (χ1v) is 24.8. The van der Waals surface area contributed by atoms with E-state index in [0.717, 1.165) is 49.2 Å². The molecule has 9 rings (SSSR count). The molecule has 1 N–H and O–H groups in total. The van der Waals surface area contributed by atoms with Gasteiger partial charge >= 0.3 is 6.03 Å². The van der Waals surface area contributed by atoms with E-state index in [1.54, 1.807) is 19.1 Å². The van der Waals surface area contributed by atoms with Gasteiger partial charge in [-0.1, -0.05) is 115 Å². The van der Waals surface area contributed by atoms with Gasteiger partial charge in [0.2, 0.25) is 5.91 Å². The third kappa shape index (κ3) is 9.64. The molecule has 0 aromatic heterocycles. The van der Waals surface area contributed by atoms with Gasteiger partial charge in [0.05, 0.1) is 46.0 Å². The Morgan fingerprint density at radius 3 is 1.99 bits per heavy atom. The quantitative estimate of drug-likeness (QED) is 0.0309. The highest BCUT2D eigenvalue weighted by atomic mass is 31.2. The second-order valence-corrected chi connectivity index (χ2v) is 19.5. The van der Waals surface area contributed by atoms with Crippen LogP contribution in [0.15, 0.2) is 133 Å². The first-order valence-electron chi connectivity index (χ1n) is 23.7. The molecule has 0 aliphatic carbocycles. The number of urea groups is 1. The highest BCUT2D eigenvalue weighted by Crippen LogP contribution is 2.50. The van der Waals surface area contributed by atoms with Crippen molar-refractivity contribution in [2.24, 2.45) is 5.92 Å². The van der Waals surface area contributed by atoms with Crippen molar-refractivity contribution in [1.82, 2.24) is 14.9 Å². The molecule has 3 amide bonds. The predicted octanol–water partition coefficient (Wildman–Crippen LogP) is 10.9. The van der Waals surface area contributed by atoms with Crippen LogP contribution in [0.3, 0.4) is 0 Å². The molecule has 0 saturated carbocycles. The van der Waals surface area contributed by atoms with Gasteiger partial charge in [0.15, 0.2) is 0 Å². The highest BCUT2D eigenvalue weighted by molar-refractivity contribution is 7.44. The number of amides is 3. The molecule has 2 heterocycles. The van der Waals surface area contributed by atoms with E-state index in [2.05, 4.69) is 104 Å². The minimum absolute atomic E-state index is 0.00232. The number of benzene rings is 7. The van der Waals surface area contributed by atoms with Crippen LogP contribution in [0.2, 0.25) is 0 Å². The van der Waals surface area contributed by atoms with E-state index >= 15 is 0 Å². The molecule has 7 aromatic carbocycles. The fourth-order valence-corrected chi connectivity index (χ4v) is 11.6. The van der Waals surface area contributed by atoms with Crippen molar-refractivity contribution in [3.63, 3.8) is 0 Å². The Morgan fingerprint density at radius 1 is 0.771 bits per heavy atom. The van der Waals surface area contributed by atoms with Crippen LogP contribution < -0.4 is 14.8 Å². The Hall–Kier alpha value is -6.60. The van der Waals surface area contributed by atoms with Crippen LogP contribution in [0, 0.1) is 29.1 Å². The molecule has 0 bridgehead atoms. The summed E-state index contributed by atoms with van der Waals surface area (Å²) in [6, 6.07) is 46.1. The molecule has 2 aliphatic rings. The normalized spacial score (nSPS) is 18.9. The zero-order chi connectivity index (χ0) is 48.9. The summed E-state index contributed by atoms with van der Waals surface area (Å²) in [6.07, 6.45) is -1.82. The Labute approximate surface area is 410 Å². The molecule has 2 saturated heterocycles. The van der Waals surface area contributed by atoms with Crippen LogP contribution in [0.4, 0.5) is 4.79 Å². The smallest absolute Gasteiger partial charge is 0.326 e. The number of imide groups is 1. The number of ether oxygens (including phenoxy) is 4. The van der Waals surface area contributed by atoms with Crippen LogP contribution in [-0.4, -0.2) is 86.0 Å². The molecule has 2 fully saturated rings. The first kappa shape index (κ1) is 48.4. The van der Waals surface area contributed by atoms with Crippen LogP contribution in [0.5, 0.6) is 11.5 Å². The highest BCUT2D eigenvalue weighted by Gasteiger charge is 2.48. The van der Waals surface area contributed by atoms with Crippen LogP contribution >= 0.6 is 8.53 Å². The summed E-state index contributed by atoms with van der Waals surface area (Å²) in [5, 5.41) is 18.8. The van der Waals surface area contributed by atoms with Gasteiger partial charge < -0.3 is 28.0 Å². The molecule has 358 valence electrons. The molecule has 70 heavy (non-hydrogen) atoms. The largest absolute Gasteiger partial charge is 0.497 e. The first-order chi connectivity index (χ1) is 34.0. The zero-order valence-corrected chi connectivity index (χ0v) is 41.2. The molecular formula is C57H57N4O8P. The number of methoxy groups -OCH3 is 2. The maximum atomic E-state index is 14.0. The van der Waals surface area contributed by atoms with Crippen molar-refractivity contribution in [1.29, 1.82) is 5.26 Å². The number of hydrogen-bond donors (Lipinski definition) is 1. The summed E-state index contributed by atoms with van der Waals surface area (Å²) in [5.41, 5.74) is 2.16. The van der Waals surface area contributed by atoms with E-state index in [0.29, 0.717) is 11.5 Å². The lowest BCUT2D eigenvalue weighted by molar-refractivity contribution is -0.128. The van der Waals surface area contributed by atoms with Gasteiger partial charge in [0.25, 0.3) is 8.53 Å². The number of rotatable bonds is 17. The van der Waals surface area contributed by atoms with Crippen molar-refractivity contribution < 1.29 is 37.6 Å². The Bertz CT molecular complexity index is 2990.